The lowest BCUT2D eigenvalue weighted by molar-refractivity contribution is 0.718. The number of nitrogens with one attached hydrogen (secondary N) is 2. The summed E-state index contributed by atoms with van der Waals surface area (Å²) in [5.41, 5.74) is 1.71. The molecule has 0 spiro atoms. The number of H-pyrrole nitrogens is 2. The summed E-state index contributed by atoms with van der Waals surface area (Å²) >= 11 is 1.79. The van der Waals surface area contributed by atoms with Crippen molar-refractivity contribution in [3.63, 3.8) is 0 Å². The lowest BCUT2D eigenvalue weighted by Crippen LogP contribution is -2.32. The van der Waals surface area contributed by atoms with Gasteiger partial charge in [-0.05, 0) is 23.4 Å². The Kier molecular flexibility index (Phi) is 2.22. The molecule has 4 rings (SSSR count). The van der Waals surface area contributed by atoms with Gasteiger partial charge < -0.3 is 4.90 Å². The van der Waals surface area contributed by atoms with Crippen molar-refractivity contribution in [2.24, 2.45) is 0 Å². The number of anilines is 1. The van der Waals surface area contributed by atoms with Crippen LogP contribution in [0.1, 0.15) is 10.4 Å². The second-order valence-corrected chi connectivity index (χ2v) is 5.56. The first-order valence-corrected chi connectivity index (χ1v) is 6.93. The zero-order valence-corrected chi connectivity index (χ0v) is 10.8. The summed E-state index contributed by atoms with van der Waals surface area (Å²) in [7, 11) is 0. The molecule has 1 aliphatic rings. The van der Waals surface area contributed by atoms with Gasteiger partial charge in [0.2, 0.25) is 5.95 Å². The largest absolute Gasteiger partial charge is 0.338 e. The van der Waals surface area contributed by atoms with Gasteiger partial charge in [-0.15, -0.1) is 11.3 Å². The fraction of sp³-hybridized carbons (Fsp3) is 0.250. The molecule has 4 heterocycles. The van der Waals surface area contributed by atoms with Crippen LogP contribution in [0.15, 0.2) is 22.4 Å². The van der Waals surface area contributed by atoms with Crippen LogP contribution in [0.5, 0.6) is 0 Å². The minimum absolute atomic E-state index is 0.148. The van der Waals surface area contributed by atoms with Crippen molar-refractivity contribution in [2.75, 3.05) is 11.4 Å². The maximum atomic E-state index is 11.9. The quantitative estimate of drug-likeness (QED) is 0.700. The highest BCUT2D eigenvalue weighted by Gasteiger charge is 2.19. The summed E-state index contributed by atoms with van der Waals surface area (Å²) in [4.78, 5) is 22.7. The number of nitrogens with zero attached hydrogens (tertiary/aromatic N) is 3. The summed E-state index contributed by atoms with van der Waals surface area (Å²) in [5, 5.41) is 9.21. The minimum atomic E-state index is -0.148. The lowest BCUT2D eigenvalue weighted by atomic mass is 10.1. The first-order chi connectivity index (χ1) is 9.31. The second kappa shape index (κ2) is 3.92. The van der Waals surface area contributed by atoms with Crippen LogP contribution in [-0.2, 0) is 13.0 Å². The Morgan fingerprint density at radius 3 is 3.32 bits per heavy atom. The van der Waals surface area contributed by atoms with Gasteiger partial charge in [0.15, 0.2) is 5.65 Å². The van der Waals surface area contributed by atoms with E-state index in [2.05, 4.69) is 36.5 Å². The molecule has 0 aromatic carbocycles. The maximum Gasteiger partial charge on any atom is 0.263 e. The van der Waals surface area contributed by atoms with E-state index >= 15 is 0 Å². The summed E-state index contributed by atoms with van der Waals surface area (Å²) in [5.74, 6) is 0.610. The van der Waals surface area contributed by atoms with Gasteiger partial charge >= 0.3 is 0 Å². The zero-order valence-electron chi connectivity index (χ0n) is 10.0. The molecule has 0 aliphatic carbocycles. The molecule has 1 aliphatic heterocycles. The number of hydrogen-bond acceptors (Lipinski definition) is 5. The Morgan fingerprint density at radius 2 is 2.37 bits per heavy atom. The number of fused-ring (bicyclic) bond motifs is 2. The first kappa shape index (κ1) is 10.7. The fourth-order valence-electron chi connectivity index (χ4n) is 2.41. The smallest absolute Gasteiger partial charge is 0.263 e. The van der Waals surface area contributed by atoms with Crippen molar-refractivity contribution in [2.45, 2.75) is 13.0 Å². The summed E-state index contributed by atoms with van der Waals surface area (Å²) in [6.45, 7) is 1.66. The standard InChI is InChI=1S/C12H11N5OS/c18-11-8-5-13-16-10(8)14-12(15-11)17-3-1-9-7(6-17)2-4-19-9/h2,4-5H,1,3,6H2,(H2,13,14,15,16,18). The highest BCUT2D eigenvalue weighted by molar-refractivity contribution is 7.10. The molecule has 3 aromatic heterocycles. The summed E-state index contributed by atoms with van der Waals surface area (Å²) in [6.07, 6.45) is 2.50. The van der Waals surface area contributed by atoms with Crippen LogP contribution >= 0.6 is 11.3 Å². The van der Waals surface area contributed by atoms with E-state index in [9.17, 15) is 4.79 Å². The molecule has 0 bridgehead atoms. The third-order valence-corrected chi connectivity index (χ3v) is 4.44. The molecule has 6 nitrogen and oxygen atoms in total. The van der Waals surface area contributed by atoms with Crippen molar-refractivity contribution >= 4 is 28.3 Å². The van der Waals surface area contributed by atoms with E-state index < -0.39 is 0 Å². The van der Waals surface area contributed by atoms with E-state index in [0.29, 0.717) is 17.0 Å². The van der Waals surface area contributed by atoms with E-state index in [4.69, 9.17) is 0 Å². The summed E-state index contributed by atoms with van der Waals surface area (Å²) < 4.78 is 0. The summed E-state index contributed by atoms with van der Waals surface area (Å²) in [6, 6.07) is 2.14. The van der Waals surface area contributed by atoms with Crippen LogP contribution in [-0.4, -0.2) is 26.7 Å². The van der Waals surface area contributed by atoms with Crippen molar-refractivity contribution in [3.05, 3.63) is 38.4 Å². The number of thiophene rings is 1. The van der Waals surface area contributed by atoms with Crippen molar-refractivity contribution in [1.29, 1.82) is 0 Å². The average molecular weight is 273 g/mol. The molecule has 0 saturated carbocycles. The molecule has 3 aromatic rings. The van der Waals surface area contributed by atoms with Crippen molar-refractivity contribution in [1.82, 2.24) is 20.2 Å². The first-order valence-electron chi connectivity index (χ1n) is 6.05. The Balaban J connectivity index is 1.77. The molecule has 0 amide bonds. The fourth-order valence-corrected chi connectivity index (χ4v) is 3.30. The average Bonchev–Trinajstić information content (AvgIpc) is 3.06. The second-order valence-electron chi connectivity index (χ2n) is 4.56. The van der Waals surface area contributed by atoms with E-state index in [1.807, 2.05) is 0 Å². The van der Waals surface area contributed by atoms with E-state index in [-0.39, 0.29) is 5.56 Å². The van der Waals surface area contributed by atoms with Gasteiger partial charge in [0.1, 0.15) is 5.39 Å². The monoisotopic (exact) mass is 273 g/mol. The van der Waals surface area contributed by atoms with Gasteiger partial charge in [-0.2, -0.15) is 10.1 Å². The lowest BCUT2D eigenvalue weighted by Gasteiger charge is -2.27. The molecular formula is C12H11N5OS. The van der Waals surface area contributed by atoms with E-state index in [1.54, 1.807) is 11.3 Å². The van der Waals surface area contributed by atoms with Crippen LogP contribution in [0.25, 0.3) is 11.0 Å². The van der Waals surface area contributed by atoms with Gasteiger partial charge in [0, 0.05) is 18.0 Å². The molecule has 19 heavy (non-hydrogen) atoms. The third kappa shape index (κ3) is 1.66. The highest BCUT2D eigenvalue weighted by Crippen LogP contribution is 2.25. The molecule has 2 N–H and O–H groups in total. The molecule has 7 heteroatoms. The van der Waals surface area contributed by atoms with E-state index in [0.717, 1.165) is 19.5 Å². The maximum absolute atomic E-state index is 11.9. The van der Waals surface area contributed by atoms with Gasteiger partial charge in [-0.25, -0.2) is 0 Å². The number of rotatable bonds is 1. The van der Waals surface area contributed by atoms with Crippen LogP contribution < -0.4 is 10.5 Å². The number of aromatic amines is 2. The van der Waals surface area contributed by atoms with Crippen LogP contribution in [0, 0.1) is 0 Å². The molecule has 0 fully saturated rings. The molecule has 0 atom stereocenters. The molecule has 0 unspecified atom stereocenters. The normalized spacial score (nSPS) is 14.8. The van der Waals surface area contributed by atoms with Gasteiger partial charge in [0.25, 0.3) is 5.56 Å². The molecule has 96 valence electrons. The SMILES string of the molecule is O=c1[nH]c(N2CCc3sccc3C2)nc2[nH]ncc12. The van der Waals surface area contributed by atoms with Crippen LogP contribution in [0.4, 0.5) is 5.95 Å². The van der Waals surface area contributed by atoms with Gasteiger partial charge in [0.05, 0.1) is 6.20 Å². The topological polar surface area (TPSA) is 77.7 Å². The number of aromatic nitrogens is 4. The predicted molar refractivity (Wildman–Crippen MR) is 73.6 cm³/mol. The Morgan fingerprint density at radius 1 is 1.42 bits per heavy atom. The molecular weight excluding hydrogens is 262 g/mol. The Hall–Kier alpha value is -2.15. The number of hydrogen-bond donors (Lipinski definition) is 2. The van der Waals surface area contributed by atoms with Crippen LogP contribution in [0.3, 0.4) is 0 Å². The van der Waals surface area contributed by atoms with Crippen molar-refractivity contribution < 1.29 is 0 Å². The van der Waals surface area contributed by atoms with Crippen molar-refractivity contribution in [3.8, 4) is 0 Å². The predicted octanol–water partition coefficient (Wildman–Crippen LogP) is 1.27. The van der Waals surface area contributed by atoms with Gasteiger partial charge in [-0.1, -0.05) is 0 Å². The van der Waals surface area contributed by atoms with E-state index in [1.165, 1.54) is 16.6 Å². The highest BCUT2D eigenvalue weighted by atomic mass is 32.1. The molecule has 0 radical (unpaired) electrons. The van der Waals surface area contributed by atoms with Crippen LogP contribution in [0.2, 0.25) is 0 Å². The molecule has 0 saturated heterocycles. The minimum Gasteiger partial charge on any atom is -0.338 e. The zero-order chi connectivity index (χ0) is 12.8. The Bertz CT molecular complexity index is 802. The third-order valence-electron chi connectivity index (χ3n) is 3.41. The van der Waals surface area contributed by atoms with Gasteiger partial charge in [-0.3, -0.25) is 14.9 Å². The Labute approximate surface area is 112 Å².